The molecule has 1 aromatic rings. The van der Waals surface area contributed by atoms with Crippen LogP contribution >= 0.6 is 11.6 Å². The molecule has 1 amide bonds. The van der Waals surface area contributed by atoms with E-state index < -0.39 is 5.60 Å². The minimum Gasteiger partial charge on any atom is -0.486 e. The van der Waals surface area contributed by atoms with E-state index in [1.165, 1.54) is 0 Å². The summed E-state index contributed by atoms with van der Waals surface area (Å²) in [5.74, 6) is 0.331. The van der Waals surface area contributed by atoms with E-state index >= 15 is 0 Å². The number of amides is 1. The fourth-order valence-corrected chi connectivity index (χ4v) is 4.27. The van der Waals surface area contributed by atoms with Crippen molar-refractivity contribution in [2.75, 3.05) is 39.0 Å². The van der Waals surface area contributed by atoms with Gasteiger partial charge in [0, 0.05) is 32.2 Å². The first-order chi connectivity index (χ1) is 13.3. The number of methoxy groups -OCH3 is 1. The minimum atomic E-state index is -0.417. The van der Waals surface area contributed by atoms with Crippen molar-refractivity contribution in [1.29, 1.82) is 0 Å². The number of nitrogens with two attached hydrogens (primary N) is 2. The zero-order valence-corrected chi connectivity index (χ0v) is 17.6. The predicted octanol–water partition coefficient (Wildman–Crippen LogP) is 1.80. The second-order valence-electron chi connectivity index (χ2n) is 8.25. The van der Waals surface area contributed by atoms with Gasteiger partial charge in [0.2, 0.25) is 0 Å². The lowest BCUT2D eigenvalue weighted by atomic mass is 9.97. The summed E-state index contributed by atoms with van der Waals surface area (Å²) in [6.45, 7) is 7.23. The average Bonchev–Trinajstić information content (AvgIpc) is 2.99. The Labute approximate surface area is 171 Å². The van der Waals surface area contributed by atoms with Crippen molar-refractivity contribution < 1.29 is 14.3 Å². The molecule has 5 N–H and O–H groups in total. The molecule has 0 aromatic heterocycles. The van der Waals surface area contributed by atoms with E-state index in [4.69, 9.17) is 32.5 Å². The Morgan fingerprint density at radius 1 is 1.50 bits per heavy atom. The molecule has 0 bridgehead atoms. The van der Waals surface area contributed by atoms with Gasteiger partial charge in [-0.1, -0.05) is 11.6 Å². The number of hydrogen-bond donors (Lipinski definition) is 3. The summed E-state index contributed by atoms with van der Waals surface area (Å²) >= 11 is 6.30. The van der Waals surface area contributed by atoms with Crippen molar-refractivity contribution in [3.05, 3.63) is 22.2 Å². The number of nitrogen functional groups attached to an aromatic ring is 1. The Morgan fingerprint density at radius 3 is 2.93 bits per heavy atom. The van der Waals surface area contributed by atoms with E-state index in [9.17, 15) is 4.79 Å². The molecular formula is C20H31ClN4O3. The molecule has 1 aromatic carbocycles. The summed E-state index contributed by atoms with van der Waals surface area (Å²) in [6, 6.07) is 1.53. The Balaban J connectivity index is 1.75. The van der Waals surface area contributed by atoms with Crippen LogP contribution in [0.5, 0.6) is 5.75 Å². The van der Waals surface area contributed by atoms with Crippen molar-refractivity contribution in [3.8, 4) is 5.75 Å². The zero-order chi connectivity index (χ0) is 20.5. The van der Waals surface area contributed by atoms with Crippen molar-refractivity contribution >= 4 is 23.2 Å². The number of carbonyl (C=O) groups excluding carboxylic acids is 1. The van der Waals surface area contributed by atoms with Crippen LogP contribution in [0.4, 0.5) is 5.69 Å². The van der Waals surface area contributed by atoms with Crippen LogP contribution in [-0.2, 0) is 11.2 Å². The van der Waals surface area contributed by atoms with Gasteiger partial charge < -0.3 is 31.2 Å². The van der Waals surface area contributed by atoms with Gasteiger partial charge in [-0.15, -0.1) is 0 Å². The highest BCUT2D eigenvalue weighted by molar-refractivity contribution is 6.33. The number of nitrogens with zero attached hydrogens (tertiary/aromatic N) is 1. The minimum absolute atomic E-state index is 0.0759. The summed E-state index contributed by atoms with van der Waals surface area (Å²) in [4.78, 5) is 15.4. The summed E-state index contributed by atoms with van der Waals surface area (Å²) in [5, 5.41) is 3.50. The Morgan fingerprint density at radius 2 is 2.25 bits per heavy atom. The number of carbonyl (C=O) groups is 1. The molecule has 1 fully saturated rings. The van der Waals surface area contributed by atoms with E-state index in [-0.39, 0.29) is 18.1 Å². The molecule has 2 aliphatic heterocycles. The monoisotopic (exact) mass is 410 g/mol. The van der Waals surface area contributed by atoms with Gasteiger partial charge in [0.05, 0.1) is 28.4 Å². The van der Waals surface area contributed by atoms with Gasteiger partial charge in [-0.2, -0.15) is 0 Å². The zero-order valence-electron chi connectivity index (χ0n) is 16.9. The lowest BCUT2D eigenvalue weighted by molar-refractivity contribution is 0.00627. The summed E-state index contributed by atoms with van der Waals surface area (Å²) in [5.41, 5.74) is 13.0. The topological polar surface area (TPSA) is 103 Å². The van der Waals surface area contributed by atoms with Gasteiger partial charge in [-0.3, -0.25) is 4.79 Å². The molecule has 8 heteroatoms. The number of piperidine rings is 1. The van der Waals surface area contributed by atoms with E-state index in [2.05, 4.69) is 10.2 Å². The van der Waals surface area contributed by atoms with Crippen LogP contribution < -0.4 is 21.5 Å². The maximum absolute atomic E-state index is 13.1. The third-order valence-corrected chi connectivity index (χ3v) is 5.85. The van der Waals surface area contributed by atoms with Crippen LogP contribution in [0.25, 0.3) is 0 Å². The van der Waals surface area contributed by atoms with Crippen LogP contribution in [-0.4, -0.2) is 61.8 Å². The van der Waals surface area contributed by atoms with Gasteiger partial charge in [-0.25, -0.2) is 0 Å². The predicted molar refractivity (Wildman–Crippen MR) is 111 cm³/mol. The number of ether oxygens (including phenoxy) is 2. The van der Waals surface area contributed by atoms with Gasteiger partial charge in [0.25, 0.3) is 5.91 Å². The average molecular weight is 411 g/mol. The summed E-state index contributed by atoms with van der Waals surface area (Å²) in [6.07, 6.45) is 2.31. The fourth-order valence-electron chi connectivity index (χ4n) is 4.05. The molecule has 2 aliphatic rings. The molecule has 1 saturated heterocycles. The number of anilines is 1. The van der Waals surface area contributed by atoms with Gasteiger partial charge in [0.15, 0.2) is 0 Å². The molecule has 156 valence electrons. The molecule has 0 spiro atoms. The highest BCUT2D eigenvalue weighted by Gasteiger charge is 2.37. The van der Waals surface area contributed by atoms with Crippen LogP contribution in [0.1, 0.15) is 42.6 Å². The molecule has 7 nitrogen and oxygen atoms in total. The Bertz CT molecular complexity index is 741. The first-order valence-electron chi connectivity index (χ1n) is 9.81. The number of fused-ring (bicyclic) bond motifs is 1. The molecule has 2 heterocycles. The normalized spacial score (nSPS) is 23.9. The molecular weight excluding hydrogens is 380 g/mol. The first kappa shape index (κ1) is 21.2. The van der Waals surface area contributed by atoms with Crippen LogP contribution in [0, 0.1) is 0 Å². The largest absolute Gasteiger partial charge is 0.486 e. The van der Waals surface area contributed by atoms with Gasteiger partial charge >= 0.3 is 0 Å². The molecule has 28 heavy (non-hydrogen) atoms. The summed E-state index contributed by atoms with van der Waals surface area (Å²) in [7, 11) is 1.68. The third-order valence-electron chi connectivity index (χ3n) is 5.54. The maximum Gasteiger partial charge on any atom is 0.255 e. The van der Waals surface area contributed by atoms with Gasteiger partial charge in [-0.05, 0) is 45.8 Å². The van der Waals surface area contributed by atoms with Crippen molar-refractivity contribution in [3.63, 3.8) is 0 Å². The molecule has 3 rings (SSSR count). The third kappa shape index (κ3) is 4.38. The van der Waals surface area contributed by atoms with Crippen LogP contribution in [0.2, 0.25) is 5.02 Å². The standard InChI is InChI=1S/C20H31ClN4O3/c1-20(2)10-13-17(23)14(21)9-12(18(13)28-20)19(26)24-15-5-8-25(7-4-6-22)11-16(15)27-3/h9,15-16H,4-8,10-11,22-23H2,1-3H3,(H,24,26). The molecule has 0 radical (unpaired) electrons. The number of rotatable bonds is 6. The second kappa shape index (κ2) is 8.45. The molecule has 2 atom stereocenters. The van der Waals surface area contributed by atoms with Crippen molar-refractivity contribution in [2.24, 2.45) is 5.73 Å². The molecule has 2 unspecified atom stereocenters. The lowest BCUT2D eigenvalue weighted by Crippen LogP contribution is -2.55. The first-order valence-corrected chi connectivity index (χ1v) is 10.2. The van der Waals surface area contributed by atoms with E-state index in [1.54, 1.807) is 13.2 Å². The number of likely N-dealkylation sites (tertiary alicyclic amines) is 1. The van der Waals surface area contributed by atoms with E-state index in [1.807, 2.05) is 13.8 Å². The van der Waals surface area contributed by atoms with Crippen molar-refractivity contribution in [1.82, 2.24) is 10.2 Å². The van der Waals surface area contributed by atoms with Crippen LogP contribution in [0.3, 0.4) is 0 Å². The molecule has 0 aliphatic carbocycles. The number of benzene rings is 1. The number of nitrogens with one attached hydrogen (secondary N) is 1. The molecule has 0 saturated carbocycles. The Hall–Kier alpha value is -1.54. The quantitative estimate of drug-likeness (QED) is 0.618. The fraction of sp³-hybridized carbons (Fsp3) is 0.650. The maximum atomic E-state index is 13.1. The van der Waals surface area contributed by atoms with Crippen LogP contribution in [0.15, 0.2) is 6.07 Å². The number of hydrogen-bond acceptors (Lipinski definition) is 6. The highest BCUT2D eigenvalue weighted by atomic mass is 35.5. The van der Waals surface area contributed by atoms with E-state index in [0.717, 1.165) is 38.0 Å². The SMILES string of the molecule is COC1CN(CCCN)CCC1NC(=O)c1cc(Cl)c(N)c2c1OC(C)(C)C2. The van der Waals surface area contributed by atoms with Crippen molar-refractivity contribution in [2.45, 2.75) is 50.9 Å². The smallest absolute Gasteiger partial charge is 0.255 e. The number of halogens is 1. The highest BCUT2D eigenvalue weighted by Crippen LogP contribution is 2.44. The Kier molecular flexibility index (Phi) is 6.39. The van der Waals surface area contributed by atoms with E-state index in [0.29, 0.717) is 35.0 Å². The second-order valence-corrected chi connectivity index (χ2v) is 8.66. The lowest BCUT2D eigenvalue weighted by Gasteiger charge is -2.38. The van der Waals surface area contributed by atoms with Gasteiger partial charge in [0.1, 0.15) is 11.4 Å². The summed E-state index contributed by atoms with van der Waals surface area (Å²) < 4.78 is 11.7.